The van der Waals surface area contributed by atoms with Crippen molar-refractivity contribution in [3.05, 3.63) is 42.6 Å². The lowest BCUT2D eigenvalue weighted by Gasteiger charge is -2.31. The molecule has 0 N–H and O–H groups in total. The molecular weight excluding hydrogens is 338 g/mol. The molecule has 3 nitrogen and oxygen atoms in total. The van der Waals surface area contributed by atoms with Crippen LogP contribution in [0.25, 0.3) is 0 Å². The molecule has 138 valence electrons. The molecule has 1 aromatic carbocycles. The molecule has 1 fully saturated rings. The smallest absolute Gasteiger partial charge is 0.147 e. The van der Waals surface area contributed by atoms with E-state index in [0.717, 1.165) is 12.4 Å². The van der Waals surface area contributed by atoms with Crippen molar-refractivity contribution in [1.82, 2.24) is 9.88 Å². The van der Waals surface area contributed by atoms with Crippen LogP contribution in [0.5, 0.6) is 0 Å². The molecule has 0 atom stereocenters. The van der Waals surface area contributed by atoms with Crippen molar-refractivity contribution in [3.63, 3.8) is 0 Å². The summed E-state index contributed by atoms with van der Waals surface area (Å²) in [5.74, 6) is 1.13. The van der Waals surface area contributed by atoms with Crippen molar-refractivity contribution in [2.75, 3.05) is 31.1 Å². The van der Waals surface area contributed by atoms with Gasteiger partial charge in [-0.2, -0.15) is 0 Å². The molecule has 4 heteroatoms. The quantitative estimate of drug-likeness (QED) is 0.582. The largest absolute Gasteiger partial charge is 0.324 e. The second kappa shape index (κ2) is 8.92. The van der Waals surface area contributed by atoms with E-state index >= 15 is 0 Å². The number of aromatic nitrogens is 1. The highest BCUT2D eigenvalue weighted by molar-refractivity contribution is 7.99. The zero-order valence-electron chi connectivity index (χ0n) is 15.6. The molecule has 2 aliphatic heterocycles. The van der Waals surface area contributed by atoms with Crippen LogP contribution >= 0.6 is 11.8 Å². The molecule has 0 amide bonds. The Balaban J connectivity index is 1.29. The van der Waals surface area contributed by atoms with Crippen molar-refractivity contribution < 1.29 is 0 Å². The molecule has 0 bridgehead atoms. The monoisotopic (exact) mass is 367 g/mol. The summed E-state index contributed by atoms with van der Waals surface area (Å²) in [5, 5.41) is 0. The topological polar surface area (TPSA) is 19.4 Å². The first-order chi connectivity index (χ1) is 12.9. The molecule has 1 saturated heterocycles. The van der Waals surface area contributed by atoms with E-state index in [-0.39, 0.29) is 0 Å². The number of anilines is 2. The number of nitrogens with zero attached hydrogens (tertiary/aromatic N) is 3. The maximum Gasteiger partial charge on any atom is 0.147 e. The number of fused-ring (bicyclic) bond motifs is 2. The fraction of sp³-hybridized carbons (Fsp3) is 0.500. The van der Waals surface area contributed by atoms with Gasteiger partial charge in [-0.3, -0.25) is 0 Å². The Morgan fingerprint density at radius 3 is 2.46 bits per heavy atom. The Hall–Kier alpha value is -1.52. The molecule has 0 spiro atoms. The summed E-state index contributed by atoms with van der Waals surface area (Å²) >= 11 is 1.84. The Morgan fingerprint density at radius 2 is 1.58 bits per heavy atom. The molecule has 2 aliphatic rings. The average Bonchev–Trinajstić information content (AvgIpc) is 2.70. The second-order valence-corrected chi connectivity index (χ2v) is 8.45. The van der Waals surface area contributed by atoms with E-state index in [1.54, 1.807) is 0 Å². The lowest BCUT2D eigenvalue weighted by Crippen LogP contribution is -2.30. The van der Waals surface area contributed by atoms with Gasteiger partial charge < -0.3 is 9.80 Å². The van der Waals surface area contributed by atoms with E-state index < -0.39 is 0 Å². The van der Waals surface area contributed by atoms with Gasteiger partial charge in [-0.1, -0.05) is 43.2 Å². The SMILES string of the molecule is c1ccc2c(c1)Sc1cccnc1N2CCCCCCN1CCCCC1. The third-order valence-corrected chi connectivity index (χ3v) is 6.54. The van der Waals surface area contributed by atoms with Crippen molar-refractivity contribution in [1.29, 1.82) is 0 Å². The first kappa shape index (κ1) is 17.9. The number of pyridine rings is 1. The van der Waals surface area contributed by atoms with Gasteiger partial charge in [-0.05, 0) is 69.6 Å². The first-order valence-corrected chi connectivity index (χ1v) is 11.0. The number of likely N-dealkylation sites (tertiary alicyclic amines) is 1. The van der Waals surface area contributed by atoms with Gasteiger partial charge in [0.1, 0.15) is 5.82 Å². The molecule has 0 radical (unpaired) electrons. The van der Waals surface area contributed by atoms with Gasteiger partial charge in [0.15, 0.2) is 0 Å². The number of hydrogen-bond acceptors (Lipinski definition) is 4. The lowest BCUT2D eigenvalue weighted by atomic mass is 10.1. The Kier molecular flexibility index (Phi) is 6.13. The summed E-state index contributed by atoms with van der Waals surface area (Å²) in [6.45, 7) is 5.01. The molecule has 26 heavy (non-hydrogen) atoms. The minimum absolute atomic E-state index is 1.06. The summed E-state index contributed by atoms with van der Waals surface area (Å²) in [6.07, 6.45) is 11.4. The van der Waals surface area contributed by atoms with E-state index in [1.165, 1.54) is 80.1 Å². The van der Waals surface area contributed by atoms with Crippen LogP contribution in [0.3, 0.4) is 0 Å². The van der Waals surface area contributed by atoms with E-state index in [4.69, 9.17) is 0 Å². The maximum atomic E-state index is 4.67. The van der Waals surface area contributed by atoms with E-state index in [9.17, 15) is 0 Å². The van der Waals surface area contributed by atoms with Crippen LogP contribution < -0.4 is 4.90 Å². The van der Waals surface area contributed by atoms with Gasteiger partial charge in [-0.25, -0.2) is 4.98 Å². The molecular formula is C22H29N3S. The summed E-state index contributed by atoms with van der Waals surface area (Å²) in [6, 6.07) is 13.0. The normalized spacial score (nSPS) is 17.0. The van der Waals surface area contributed by atoms with Gasteiger partial charge in [0.2, 0.25) is 0 Å². The highest BCUT2D eigenvalue weighted by Crippen LogP contribution is 2.46. The van der Waals surface area contributed by atoms with Gasteiger partial charge in [0.25, 0.3) is 0 Å². The van der Waals surface area contributed by atoms with Crippen molar-refractivity contribution >= 4 is 23.3 Å². The minimum atomic E-state index is 1.06. The molecule has 4 rings (SSSR count). The summed E-state index contributed by atoms with van der Waals surface area (Å²) in [7, 11) is 0. The van der Waals surface area contributed by atoms with Crippen LogP contribution in [0.4, 0.5) is 11.5 Å². The zero-order valence-corrected chi connectivity index (χ0v) is 16.4. The zero-order chi connectivity index (χ0) is 17.6. The predicted molar refractivity (Wildman–Crippen MR) is 111 cm³/mol. The summed E-state index contributed by atoms with van der Waals surface area (Å²) in [5.41, 5.74) is 1.32. The van der Waals surface area contributed by atoms with Gasteiger partial charge >= 0.3 is 0 Å². The average molecular weight is 368 g/mol. The molecule has 3 heterocycles. The van der Waals surface area contributed by atoms with E-state index in [2.05, 4.69) is 45.1 Å². The molecule has 0 unspecified atom stereocenters. The number of para-hydroxylation sites is 1. The van der Waals surface area contributed by atoms with Crippen LogP contribution in [0.2, 0.25) is 0 Å². The predicted octanol–water partition coefficient (Wildman–Crippen LogP) is 5.73. The van der Waals surface area contributed by atoms with Gasteiger partial charge in [0, 0.05) is 17.6 Å². The summed E-state index contributed by atoms with van der Waals surface area (Å²) < 4.78 is 0. The highest BCUT2D eigenvalue weighted by atomic mass is 32.2. The fourth-order valence-electron chi connectivity index (χ4n) is 4.03. The lowest BCUT2D eigenvalue weighted by molar-refractivity contribution is 0.224. The first-order valence-electron chi connectivity index (χ1n) is 10.1. The number of unbranched alkanes of at least 4 members (excludes halogenated alkanes) is 3. The van der Waals surface area contributed by atoms with E-state index in [1.807, 2.05) is 24.0 Å². The minimum Gasteiger partial charge on any atom is -0.324 e. The van der Waals surface area contributed by atoms with Crippen LogP contribution in [0, 0.1) is 0 Å². The maximum absolute atomic E-state index is 4.67. The highest BCUT2D eigenvalue weighted by Gasteiger charge is 2.23. The van der Waals surface area contributed by atoms with Crippen LogP contribution in [-0.4, -0.2) is 36.1 Å². The molecule has 0 saturated carbocycles. The third-order valence-electron chi connectivity index (χ3n) is 5.44. The Labute approximate surface area is 161 Å². The van der Waals surface area contributed by atoms with Gasteiger partial charge in [0.05, 0.1) is 10.6 Å². The Bertz CT molecular complexity index is 667. The van der Waals surface area contributed by atoms with Crippen molar-refractivity contribution in [3.8, 4) is 0 Å². The number of benzene rings is 1. The summed E-state index contributed by atoms with van der Waals surface area (Å²) in [4.78, 5) is 12.4. The molecule has 2 aromatic rings. The Morgan fingerprint density at radius 1 is 0.808 bits per heavy atom. The van der Waals surface area contributed by atoms with Crippen molar-refractivity contribution in [2.45, 2.75) is 54.7 Å². The molecule has 0 aliphatic carbocycles. The van der Waals surface area contributed by atoms with Crippen molar-refractivity contribution in [2.24, 2.45) is 0 Å². The van der Waals surface area contributed by atoms with Crippen LogP contribution in [0.15, 0.2) is 52.4 Å². The van der Waals surface area contributed by atoms with Crippen LogP contribution in [-0.2, 0) is 0 Å². The fourth-order valence-corrected chi connectivity index (χ4v) is 5.10. The van der Waals surface area contributed by atoms with Crippen LogP contribution in [0.1, 0.15) is 44.9 Å². The standard InChI is InChI=1S/C22H29N3S/c1(6-15-24-16-7-3-8-17-24)2-9-18-25-19-11-4-5-12-20(19)26-21-13-10-14-23-22(21)25/h4-5,10-14H,1-3,6-9,15-18H2. The third kappa shape index (κ3) is 4.24. The molecule has 1 aromatic heterocycles. The van der Waals surface area contributed by atoms with Gasteiger partial charge in [-0.15, -0.1) is 0 Å². The number of hydrogen-bond donors (Lipinski definition) is 0. The second-order valence-electron chi connectivity index (χ2n) is 7.36. The number of rotatable bonds is 7. The van der Waals surface area contributed by atoms with E-state index in [0.29, 0.717) is 0 Å². The number of piperidine rings is 1.